The maximum Gasteiger partial charge on any atom is 0.240 e. The molecule has 1 aliphatic rings. The fraction of sp³-hybridized carbons (Fsp3) is 0.690. The Morgan fingerprint density at radius 2 is 1.47 bits per heavy atom. The summed E-state index contributed by atoms with van der Waals surface area (Å²) in [7, 11) is 0. The number of nitrogens with zero attached hydrogens (tertiary/aromatic N) is 2. The van der Waals surface area contributed by atoms with Crippen LogP contribution in [0.15, 0.2) is 35.3 Å². The summed E-state index contributed by atoms with van der Waals surface area (Å²) in [6.07, 6.45) is 20.8. The molecule has 0 aromatic heterocycles. The molecule has 0 bridgehead atoms. The Kier molecular flexibility index (Phi) is 21.8. The minimum absolute atomic E-state index is 0.0299. The third-order valence-electron chi connectivity index (χ3n) is 9.92. The predicted octanol–water partition coefficient (Wildman–Crippen LogP) is 7.68. The third kappa shape index (κ3) is 18.5. The van der Waals surface area contributed by atoms with Gasteiger partial charge in [0.1, 0.15) is 5.78 Å². The Hall–Kier alpha value is -3.49. The number of fused-ring (bicyclic) bond motifs is 1. The van der Waals surface area contributed by atoms with Crippen molar-refractivity contribution in [3.8, 4) is 0 Å². The van der Waals surface area contributed by atoms with Crippen LogP contribution in [0.4, 0.5) is 0 Å². The summed E-state index contributed by atoms with van der Waals surface area (Å²) >= 11 is 0. The number of allylic oxidation sites excluding steroid dienone is 1. The SMILES string of the molecule is CCCCCCCCCCCCCCCC(=O)N(CC(=O)N[C@@H](CCCN=C(N)N)C(=O)C[C@@H](CC(C)C)C(C)=O)CC1=CCc2ccccc21. The molecule has 0 fully saturated rings. The highest BCUT2D eigenvalue weighted by Crippen LogP contribution is 2.28. The van der Waals surface area contributed by atoms with Crippen LogP contribution in [-0.2, 0) is 25.6 Å². The zero-order valence-corrected chi connectivity index (χ0v) is 32.4. The Labute approximate surface area is 308 Å². The van der Waals surface area contributed by atoms with E-state index in [1.54, 1.807) is 4.90 Å². The Morgan fingerprint density at radius 3 is 2.06 bits per heavy atom. The number of amides is 2. The highest BCUT2D eigenvalue weighted by Gasteiger charge is 2.28. The summed E-state index contributed by atoms with van der Waals surface area (Å²) in [5, 5.41) is 2.93. The van der Waals surface area contributed by atoms with E-state index >= 15 is 0 Å². The smallest absolute Gasteiger partial charge is 0.240 e. The quantitative estimate of drug-likeness (QED) is 0.0442. The second kappa shape index (κ2) is 25.5. The molecule has 0 saturated heterocycles. The van der Waals surface area contributed by atoms with Crippen molar-refractivity contribution in [2.45, 2.75) is 156 Å². The fourth-order valence-corrected chi connectivity index (χ4v) is 6.97. The molecule has 0 spiro atoms. The maximum absolute atomic E-state index is 13.7. The van der Waals surface area contributed by atoms with Gasteiger partial charge in [0.2, 0.25) is 11.8 Å². The summed E-state index contributed by atoms with van der Waals surface area (Å²) in [6, 6.07) is 7.37. The van der Waals surface area contributed by atoms with Crippen LogP contribution in [0.25, 0.3) is 5.57 Å². The number of ketones is 2. The molecule has 1 aromatic carbocycles. The summed E-state index contributed by atoms with van der Waals surface area (Å²) in [5.74, 6) is -0.833. The summed E-state index contributed by atoms with van der Waals surface area (Å²) in [6.45, 7) is 8.34. The first kappa shape index (κ1) is 43.7. The van der Waals surface area contributed by atoms with Gasteiger partial charge >= 0.3 is 0 Å². The molecule has 2 amide bonds. The molecule has 5 N–H and O–H groups in total. The van der Waals surface area contributed by atoms with E-state index in [0.29, 0.717) is 38.8 Å². The molecule has 51 heavy (non-hydrogen) atoms. The van der Waals surface area contributed by atoms with Crippen molar-refractivity contribution in [2.24, 2.45) is 28.3 Å². The number of rotatable bonds is 29. The molecule has 1 aromatic rings. The molecule has 0 heterocycles. The van der Waals surface area contributed by atoms with Crippen LogP contribution in [-0.4, -0.2) is 59.9 Å². The van der Waals surface area contributed by atoms with E-state index in [1.807, 2.05) is 26.0 Å². The van der Waals surface area contributed by atoms with Gasteiger partial charge in [-0.3, -0.25) is 24.2 Å². The van der Waals surface area contributed by atoms with Crippen molar-refractivity contribution < 1.29 is 19.2 Å². The molecule has 0 aliphatic heterocycles. The third-order valence-corrected chi connectivity index (χ3v) is 9.92. The second-order valence-electron chi connectivity index (χ2n) is 15.0. The lowest BCUT2D eigenvalue weighted by Crippen LogP contribution is -2.47. The van der Waals surface area contributed by atoms with Gasteiger partial charge in [0.25, 0.3) is 0 Å². The van der Waals surface area contributed by atoms with E-state index in [1.165, 1.54) is 76.7 Å². The standard InChI is InChI=1S/C42H69N5O4/c1-5-6-7-8-9-10-11-12-13-14-15-16-17-24-41(51)47(30-35-26-25-34-21-18-19-22-37(34)35)31-40(50)46-38(23-20-27-45-42(43)44)39(49)29-36(33(4)48)28-32(2)3/h18-19,21-22,26,32,36,38H,5-17,20,23-25,27-31H2,1-4H3,(H,46,50)(H4,43,44,45)/t36-,38+/m1/s1. The van der Waals surface area contributed by atoms with E-state index in [9.17, 15) is 19.2 Å². The van der Waals surface area contributed by atoms with E-state index in [-0.39, 0.29) is 48.2 Å². The van der Waals surface area contributed by atoms with Crippen molar-refractivity contribution in [1.82, 2.24) is 10.2 Å². The average Bonchev–Trinajstić information content (AvgIpc) is 3.49. The summed E-state index contributed by atoms with van der Waals surface area (Å²) in [5.41, 5.74) is 14.3. The van der Waals surface area contributed by atoms with Crippen molar-refractivity contribution in [2.75, 3.05) is 19.6 Å². The normalized spacial score (nSPS) is 13.3. The Bertz CT molecular complexity index is 1270. The molecule has 2 rings (SSSR count). The lowest BCUT2D eigenvalue weighted by Gasteiger charge is -2.26. The van der Waals surface area contributed by atoms with Crippen LogP contribution < -0.4 is 16.8 Å². The average molecular weight is 708 g/mol. The molecule has 286 valence electrons. The maximum atomic E-state index is 13.7. The molecule has 1 aliphatic carbocycles. The zero-order valence-electron chi connectivity index (χ0n) is 32.4. The van der Waals surface area contributed by atoms with Gasteiger partial charge in [-0.25, -0.2) is 0 Å². The number of guanidine groups is 1. The van der Waals surface area contributed by atoms with Crippen LogP contribution in [0.2, 0.25) is 0 Å². The van der Waals surface area contributed by atoms with E-state index in [2.05, 4.69) is 35.4 Å². The number of nitrogens with two attached hydrogens (primary N) is 2. The van der Waals surface area contributed by atoms with Crippen LogP contribution in [0.1, 0.15) is 154 Å². The monoisotopic (exact) mass is 708 g/mol. The van der Waals surface area contributed by atoms with Crippen molar-refractivity contribution >= 4 is 34.9 Å². The number of carbonyl (C=O) groups excluding carboxylic acids is 4. The van der Waals surface area contributed by atoms with Crippen molar-refractivity contribution in [3.63, 3.8) is 0 Å². The van der Waals surface area contributed by atoms with Gasteiger partial charge in [-0.05, 0) is 61.6 Å². The first-order valence-corrected chi connectivity index (χ1v) is 19.9. The van der Waals surface area contributed by atoms with Crippen LogP contribution in [0, 0.1) is 11.8 Å². The van der Waals surface area contributed by atoms with Crippen LogP contribution >= 0.6 is 0 Å². The van der Waals surface area contributed by atoms with Gasteiger partial charge in [0.15, 0.2) is 11.7 Å². The number of hydrogen-bond acceptors (Lipinski definition) is 5. The molecule has 0 unspecified atom stereocenters. The highest BCUT2D eigenvalue weighted by atomic mass is 16.2. The summed E-state index contributed by atoms with van der Waals surface area (Å²) in [4.78, 5) is 58.9. The lowest BCUT2D eigenvalue weighted by molar-refractivity contribution is -0.136. The number of aliphatic imine (C=N–C) groups is 1. The Morgan fingerprint density at radius 1 is 0.863 bits per heavy atom. The lowest BCUT2D eigenvalue weighted by atomic mass is 9.87. The van der Waals surface area contributed by atoms with Gasteiger partial charge in [-0.1, -0.05) is 128 Å². The number of benzene rings is 1. The molecule has 0 saturated carbocycles. The summed E-state index contributed by atoms with van der Waals surface area (Å²) < 4.78 is 0. The highest BCUT2D eigenvalue weighted by molar-refractivity contribution is 5.94. The topological polar surface area (TPSA) is 148 Å². The molecular formula is C42H69N5O4. The minimum Gasteiger partial charge on any atom is -0.370 e. The van der Waals surface area contributed by atoms with Gasteiger partial charge in [0.05, 0.1) is 12.6 Å². The fourth-order valence-electron chi connectivity index (χ4n) is 6.97. The molecular weight excluding hydrogens is 638 g/mol. The van der Waals surface area contributed by atoms with Crippen LogP contribution in [0.3, 0.4) is 0 Å². The molecule has 9 nitrogen and oxygen atoms in total. The minimum atomic E-state index is -0.801. The number of nitrogens with one attached hydrogen (secondary N) is 1. The molecule has 9 heteroatoms. The molecule has 2 atom stereocenters. The van der Waals surface area contributed by atoms with Gasteiger partial charge in [-0.2, -0.15) is 0 Å². The molecule has 0 radical (unpaired) electrons. The number of unbranched alkanes of at least 4 members (excludes halogenated alkanes) is 12. The van der Waals surface area contributed by atoms with Gasteiger partial charge in [-0.15, -0.1) is 0 Å². The van der Waals surface area contributed by atoms with E-state index in [0.717, 1.165) is 36.8 Å². The predicted molar refractivity (Wildman–Crippen MR) is 210 cm³/mol. The largest absolute Gasteiger partial charge is 0.370 e. The second-order valence-corrected chi connectivity index (χ2v) is 15.0. The van der Waals surface area contributed by atoms with Gasteiger partial charge < -0.3 is 21.7 Å². The zero-order chi connectivity index (χ0) is 37.4. The number of carbonyl (C=O) groups is 4. The number of hydrogen-bond donors (Lipinski definition) is 3. The first-order valence-electron chi connectivity index (χ1n) is 19.9. The van der Waals surface area contributed by atoms with Crippen molar-refractivity contribution in [1.29, 1.82) is 0 Å². The Balaban J connectivity index is 2.00. The van der Waals surface area contributed by atoms with E-state index < -0.39 is 12.0 Å². The van der Waals surface area contributed by atoms with Crippen LogP contribution in [0.5, 0.6) is 0 Å². The van der Waals surface area contributed by atoms with Gasteiger partial charge in [0, 0.05) is 31.8 Å². The van der Waals surface area contributed by atoms with Crippen molar-refractivity contribution in [3.05, 3.63) is 41.5 Å². The van der Waals surface area contributed by atoms with E-state index in [4.69, 9.17) is 11.5 Å². The first-order chi connectivity index (χ1) is 24.5. The number of Topliss-reactive ketones (excluding diaryl/α,β-unsaturated/α-hetero) is 2.